The molecule has 0 aromatic carbocycles. The van der Waals surface area contributed by atoms with Crippen molar-refractivity contribution in [2.75, 3.05) is 19.8 Å². The normalized spacial score (nSPS) is 19.3. The van der Waals surface area contributed by atoms with E-state index in [1.807, 2.05) is 0 Å². The van der Waals surface area contributed by atoms with Crippen LogP contribution in [0, 0.1) is 5.95 Å². The number of halogens is 1. The molecule has 1 fully saturated rings. The van der Waals surface area contributed by atoms with E-state index >= 15 is 0 Å². The summed E-state index contributed by atoms with van der Waals surface area (Å²) in [5, 5.41) is 3.33. The predicted molar refractivity (Wildman–Crippen MR) is 61.9 cm³/mol. The van der Waals surface area contributed by atoms with E-state index in [0.29, 0.717) is 25.0 Å². The lowest BCUT2D eigenvalue weighted by atomic mass is 10.2. The summed E-state index contributed by atoms with van der Waals surface area (Å²) in [5.74, 6) is 0.0890. The Morgan fingerprint density at radius 3 is 3.12 bits per heavy atom. The van der Waals surface area contributed by atoms with Crippen LogP contribution in [0.1, 0.15) is 19.8 Å². The summed E-state index contributed by atoms with van der Waals surface area (Å²) in [6.45, 7) is 3.83. The number of pyridine rings is 1. The number of hydrogen-bond acceptors (Lipinski definition) is 4. The molecule has 2 heterocycles. The molecule has 0 bridgehead atoms. The molecule has 2 rings (SSSR count). The van der Waals surface area contributed by atoms with Crippen LogP contribution in [0.15, 0.2) is 12.3 Å². The molecule has 0 amide bonds. The topological polar surface area (TPSA) is 43.4 Å². The lowest BCUT2D eigenvalue weighted by Crippen LogP contribution is -2.28. The van der Waals surface area contributed by atoms with Gasteiger partial charge in [0.15, 0.2) is 5.75 Å². The molecule has 0 radical (unpaired) electrons. The monoisotopic (exact) mass is 240 g/mol. The van der Waals surface area contributed by atoms with Crippen molar-refractivity contribution in [3.8, 4) is 11.5 Å². The Morgan fingerprint density at radius 2 is 2.41 bits per heavy atom. The quantitative estimate of drug-likeness (QED) is 0.796. The summed E-state index contributed by atoms with van der Waals surface area (Å²) in [6, 6.07) is 1.93. The van der Waals surface area contributed by atoms with E-state index < -0.39 is 5.95 Å². The van der Waals surface area contributed by atoms with E-state index in [9.17, 15) is 4.39 Å². The van der Waals surface area contributed by atoms with Gasteiger partial charge in [0.25, 0.3) is 5.95 Å². The molecular formula is C12H17FN2O2. The first-order valence-electron chi connectivity index (χ1n) is 5.94. The summed E-state index contributed by atoms with van der Waals surface area (Å²) in [4.78, 5) is 3.61. The molecule has 1 aromatic heterocycles. The van der Waals surface area contributed by atoms with Crippen LogP contribution in [0.3, 0.4) is 0 Å². The van der Waals surface area contributed by atoms with E-state index in [0.717, 1.165) is 13.0 Å². The molecule has 0 spiro atoms. The maximum Gasteiger partial charge on any atom is 0.255 e. The van der Waals surface area contributed by atoms with Crippen LogP contribution >= 0.6 is 0 Å². The van der Waals surface area contributed by atoms with Crippen LogP contribution in [0.2, 0.25) is 0 Å². The second-order valence-corrected chi connectivity index (χ2v) is 4.00. The van der Waals surface area contributed by atoms with Gasteiger partial charge in [-0.3, -0.25) is 0 Å². The van der Waals surface area contributed by atoms with Gasteiger partial charge in [-0.2, -0.15) is 4.39 Å². The molecule has 94 valence electrons. The standard InChI is InChI=1S/C12H17FN2O2/c1-2-16-11-6-10(7-15-12(11)13)17-8-9-4-3-5-14-9/h6-7,9,14H,2-5,8H2,1H3/t9-/m0/s1. The van der Waals surface area contributed by atoms with Crippen molar-refractivity contribution in [2.45, 2.75) is 25.8 Å². The third-order valence-electron chi connectivity index (χ3n) is 2.70. The highest BCUT2D eigenvalue weighted by Gasteiger charge is 2.15. The third kappa shape index (κ3) is 3.30. The van der Waals surface area contributed by atoms with Crippen molar-refractivity contribution < 1.29 is 13.9 Å². The Morgan fingerprint density at radius 1 is 1.53 bits per heavy atom. The van der Waals surface area contributed by atoms with E-state index in [2.05, 4.69) is 10.3 Å². The lowest BCUT2D eigenvalue weighted by Gasteiger charge is -2.12. The van der Waals surface area contributed by atoms with Crippen molar-refractivity contribution in [1.82, 2.24) is 10.3 Å². The van der Waals surface area contributed by atoms with Crippen molar-refractivity contribution in [3.63, 3.8) is 0 Å². The predicted octanol–water partition coefficient (Wildman–Crippen LogP) is 1.75. The van der Waals surface area contributed by atoms with Crippen LogP contribution in [-0.4, -0.2) is 30.8 Å². The van der Waals surface area contributed by atoms with E-state index in [1.54, 1.807) is 13.0 Å². The SMILES string of the molecule is CCOc1cc(OC[C@@H]2CCCN2)cnc1F. The van der Waals surface area contributed by atoms with Gasteiger partial charge in [-0.15, -0.1) is 0 Å². The van der Waals surface area contributed by atoms with Gasteiger partial charge in [0.1, 0.15) is 12.4 Å². The Labute approximate surface area is 100 Å². The third-order valence-corrected chi connectivity index (χ3v) is 2.70. The fourth-order valence-electron chi connectivity index (χ4n) is 1.84. The second-order valence-electron chi connectivity index (χ2n) is 4.00. The van der Waals surface area contributed by atoms with Gasteiger partial charge in [-0.1, -0.05) is 0 Å². The van der Waals surface area contributed by atoms with Crippen molar-refractivity contribution in [3.05, 3.63) is 18.2 Å². The summed E-state index contributed by atoms with van der Waals surface area (Å²) in [7, 11) is 0. The van der Waals surface area contributed by atoms with Gasteiger partial charge in [0, 0.05) is 12.1 Å². The maximum atomic E-state index is 13.2. The smallest absolute Gasteiger partial charge is 0.255 e. The van der Waals surface area contributed by atoms with Gasteiger partial charge >= 0.3 is 0 Å². The number of nitrogens with one attached hydrogen (secondary N) is 1. The lowest BCUT2D eigenvalue weighted by molar-refractivity contribution is 0.269. The van der Waals surface area contributed by atoms with E-state index in [-0.39, 0.29) is 5.75 Å². The van der Waals surface area contributed by atoms with E-state index in [4.69, 9.17) is 9.47 Å². The minimum Gasteiger partial charge on any atom is -0.490 e. The maximum absolute atomic E-state index is 13.2. The van der Waals surface area contributed by atoms with Gasteiger partial charge < -0.3 is 14.8 Å². The van der Waals surface area contributed by atoms with E-state index in [1.165, 1.54) is 12.6 Å². The molecule has 1 N–H and O–H groups in total. The molecule has 0 aliphatic carbocycles. The Kier molecular flexibility index (Phi) is 4.14. The zero-order valence-electron chi connectivity index (χ0n) is 9.91. The molecule has 1 aliphatic rings. The van der Waals surface area contributed by atoms with Crippen LogP contribution in [0.25, 0.3) is 0 Å². The summed E-state index contributed by atoms with van der Waals surface area (Å²) in [6.07, 6.45) is 3.68. The fourth-order valence-corrected chi connectivity index (χ4v) is 1.84. The molecule has 1 aromatic rings. The molecule has 1 aliphatic heterocycles. The van der Waals surface area contributed by atoms with Gasteiger partial charge in [0.2, 0.25) is 0 Å². The van der Waals surface area contributed by atoms with Crippen molar-refractivity contribution >= 4 is 0 Å². The number of rotatable bonds is 5. The molecular weight excluding hydrogens is 223 g/mol. The number of nitrogens with zero attached hydrogens (tertiary/aromatic N) is 1. The highest BCUT2D eigenvalue weighted by atomic mass is 19.1. The highest BCUT2D eigenvalue weighted by molar-refractivity contribution is 5.29. The first-order valence-corrected chi connectivity index (χ1v) is 5.94. The Bertz CT molecular complexity index is 368. The highest BCUT2D eigenvalue weighted by Crippen LogP contribution is 2.21. The average molecular weight is 240 g/mol. The second kappa shape index (κ2) is 5.82. The Balaban J connectivity index is 1.93. The van der Waals surface area contributed by atoms with Gasteiger partial charge in [-0.05, 0) is 26.3 Å². The summed E-state index contributed by atoms with van der Waals surface area (Å²) in [5.41, 5.74) is 0. The summed E-state index contributed by atoms with van der Waals surface area (Å²) >= 11 is 0. The molecule has 17 heavy (non-hydrogen) atoms. The minimum absolute atomic E-state index is 0.143. The fraction of sp³-hybridized carbons (Fsp3) is 0.583. The number of ether oxygens (including phenoxy) is 2. The van der Waals surface area contributed by atoms with Crippen LogP contribution in [0.4, 0.5) is 4.39 Å². The number of aromatic nitrogens is 1. The van der Waals surface area contributed by atoms with Crippen molar-refractivity contribution in [2.24, 2.45) is 0 Å². The molecule has 0 saturated carbocycles. The van der Waals surface area contributed by atoms with Crippen LogP contribution < -0.4 is 14.8 Å². The molecule has 4 nitrogen and oxygen atoms in total. The molecule has 1 atom stereocenters. The molecule has 1 saturated heterocycles. The van der Waals surface area contributed by atoms with Gasteiger partial charge in [-0.25, -0.2) is 4.98 Å². The van der Waals surface area contributed by atoms with Crippen molar-refractivity contribution in [1.29, 1.82) is 0 Å². The molecule has 5 heteroatoms. The van der Waals surface area contributed by atoms with Crippen LogP contribution in [-0.2, 0) is 0 Å². The zero-order chi connectivity index (χ0) is 12.1. The largest absolute Gasteiger partial charge is 0.490 e. The minimum atomic E-state index is -0.599. The molecule has 0 unspecified atom stereocenters. The first-order chi connectivity index (χ1) is 8.29. The van der Waals surface area contributed by atoms with Gasteiger partial charge in [0.05, 0.1) is 12.8 Å². The van der Waals surface area contributed by atoms with Crippen LogP contribution in [0.5, 0.6) is 11.5 Å². The summed E-state index contributed by atoms with van der Waals surface area (Å²) < 4.78 is 23.9. The number of hydrogen-bond donors (Lipinski definition) is 1. The average Bonchev–Trinajstić information content (AvgIpc) is 2.83. The zero-order valence-corrected chi connectivity index (χ0v) is 9.91. The first kappa shape index (κ1) is 12.1. The Hall–Kier alpha value is -1.36.